The van der Waals surface area contributed by atoms with Crippen molar-refractivity contribution in [2.45, 2.75) is 6.92 Å². The number of aryl methyl sites for hydroxylation is 1. The van der Waals surface area contributed by atoms with Crippen LogP contribution >= 0.6 is 0 Å². The van der Waals surface area contributed by atoms with Crippen LogP contribution in [-0.4, -0.2) is 16.5 Å². The molecule has 4 rings (SSSR count). The van der Waals surface area contributed by atoms with Crippen molar-refractivity contribution in [3.8, 4) is 5.75 Å². The molecule has 0 unspecified atom stereocenters. The minimum atomic E-state index is 0.831. The van der Waals surface area contributed by atoms with Crippen LogP contribution in [0.25, 0.3) is 27.5 Å². The van der Waals surface area contributed by atoms with Crippen molar-refractivity contribution in [3.63, 3.8) is 0 Å². The number of nitrogens with zero attached hydrogens (tertiary/aromatic N) is 2. The summed E-state index contributed by atoms with van der Waals surface area (Å²) in [6.07, 6.45) is 1.94. The van der Waals surface area contributed by atoms with E-state index in [0.717, 1.165) is 22.3 Å². The van der Waals surface area contributed by atoms with Gasteiger partial charge in [0.1, 0.15) is 5.75 Å². The smallest absolute Gasteiger partial charge is 0.121 e. The summed E-state index contributed by atoms with van der Waals surface area (Å²) in [5.74, 6) is 0.831. The first-order valence-electron chi connectivity index (χ1n) is 6.62. The van der Waals surface area contributed by atoms with Gasteiger partial charge in [-0.25, -0.2) is 0 Å². The van der Waals surface area contributed by atoms with Crippen LogP contribution in [0.4, 0.5) is 0 Å². The van der Waals surface area contributed by atoms with E-state index in [1.54, 1.807) is 7.11 Å². The Kier molecular flexibility index (Phi) is 2.24. The van der Waals surface area contributed by atoms with Gasteiger partial charge in [-0.2, -0.15) is 0 Å². The average molecular weight is 262 g/mol. The van der Waals surface area contributed by atoms with Gasteiger partial charge >= 0.3 is 0 Å². The fourth-order valence-electron chi connectivity index (χ4n) is 2.89. The summed E-state index contributed by atoms with van der Waals surface area (Å²) in [7, 11) is 1.68. The van der Waals surface area contributed by atoms with Gasteiger partial charge in [0.2, 0.25) is 0 Å². The number of benzene rings is 2. The third-order valence-corrected chi connectivity index (χ3v) is 3.92. The number of hydrogen-bond acceptors (Lipinski definition) is 2. The molecule has 4 aromatic rings. The molecule has 0 fully saturated rings. The maximum absolute atomic E-state index is 5.28. The van der Waals surface area contributed by atoms with E-state index in [0.29, 0.717) is 0 Å². The molecule has 98 valence electrons. The zero-order valence-corrected chi connectivity index (χ0v) is 11.4. The van der Waals surface area contributed by atoms with Gasteiger partial charge in [-0.1, -0.05) is 18.2 Å². The van der Waals surface area contributed by atoms with Crippen molar-refractivity contribution >= 4 is 27.5 Å². The monoisotopic (exact) mass is 262 g/mol. The first kappa shape index (κ1) is 11.3. The van der Waals surface area contributed by atoms with E-state index in [2.05, 4.69) is 46.6 Å². The standard InChI is InChI=1S/C17H14N2O/c1-11-13-5-3-4-6-15(13)19-16-8-7-12(20-2)9-14(16)18-10-17(11)19/h3-10H,1-2H3. The Bertz CT molecular complexity index is 953. The number of para-hydroxylation sites is 1. The Morgan fingerprint density at radius 2 is 1.85 bits per heavy atom. The Balaban J connectivity index is 2.26. The Labute approximate surface area is 116 Å². The Morgan fingerprint density at radius 3 is 2.70 bits per heavy atom. The fraction of sp³-hybridized carbons (Fsp3) is 0.118. The average Bonchev–Trinajstić information content (AvgIpc) is 2.80. The molecule has 0 spiro atoms. The van der Waals surface area contributed by atoms with Gasteiger partial charge in [0.05, 0.1) is 35.4 Å². The summed E-state index contributed by atoms with van der Waals surface area (Å²) in [5, 5.41) is 1.28. The lowest BCUT2D eigenvalue weighted by Crippen LogP contribution is -1.92. The van der Waals surface area contributed by atoms with Crippen molar-refractivity contribution in [1.29, 1.82) is 0 Å². The molecule has 0 radical (unpaired) electrons. The molecule has 0 bridgehead atoms. The van der Waals surface area contributed by atoms with E-state index in [9.17, 15) is 0 Å². The lowest BCUT2D eigenvalue weighted by Gasteiger charge is -2.06. The van der Waals surface area contributed by atoms with E-state index >= 15 is 0 Å². The number of ether oxygens (including phenoxy) is 1. The molecule has 2 aromatic heterocycles. The van der Waals surface area contributed by atoms with E-state index < -0.39 is 0 Å². The lowest BCUT2D eigenvalue weighted by atomic mass is 10.2. The van der Waals surface area contributed by atoms with Gasteiger partial charge in [0.15, 0.2) is 0 Å². The highest BCUT2D eigenvalue weighted by atomic mass is 16.5. The van der Waals surface area contributed by atoms with E-state index in [-0.39, 0.29) is 0 Å². The predicted octanol–water partition coefficient (Wildman–Crippen LogP) is 3.96. The molecule has 0 saturated heterocycles. The third-order valence-electron chi connectivity index (χ3n) is 3.92. The second-order valence-electron chi connectivity index (χ2n) is 4.98. The molecule has 0 N–H and O–H groups in total. The molecule has 0 aliphatic rings. The van der Waals surface area contributed by atoms with Crippen LogP contribution in [-0.2, 0) is 0 Å². The van der Waals surface area contributed by atoms with Crippen molar-refractivity contribution in [2.75, 3.05) is 7.11 Å². The summed E-state index contributed by atoms with van der Waals surface area (Å²) in [6.45, 7) is 2.15. The van der Waals surface area contributed by atoms with Gasteiger partial charge in [-0.15, -0.1) is 0 Å². The van der Waals surface area contributed by atoms with Gasteiger partial charge in [-0.3, -0.25) is 4.98 Å². The summed E-state index contributed by atoms with van der Waals surface area (Å²) >= 11 is 0. The highest BCUT2D eigenvalue weighted by Gasteiger charge is 2.11. The van der Waals surface area contributed by atoms with E-state index in [1.165, 1.54) is 16.5 Å². The second-order valence-corrected chi connectivity index (χ2v) is 4.98. The van der Waals surface area contributed by atoms with Crippen molar-refractivity contribution in [3.05, 3.63) is 54.2 Å². The maximum atomic E-state index is 5.28. The lowest BCUT2D eigenvalue weighted by molar-refractivity contribution is 0.415. The summed E-state index contributed by atoms with van der Waals surface area (Å²) in [6, 6.07) is 14.5. The molecule has 0 amide bonds. The zero-order chi connectivity index (χ0) is 13.7. The predicted molar refractivity (Wildman–Crippen MR) is 81.5 cm³/mol. The van der Waals surface area contributed by atoms with Crippen LogP contribution in [0.15, 0.2) is 48.7 Å². The van der Waals surface area contributed by atoms with Crippen LogP contribution in [0.3, 0.4) is 0 Å². The van der Waals surface area contributed by atoms with Gasteiger partial charge in [0, 0.05) is 11.5 Å². The molecule has 0 saturated carbocycles. The molecule has 0 atom stereocenters. The molecule has 20 heavy (non-hydrogen) atoms. The zero-order valence-electron chi connectivity index (χ0n) is 11.4. The third kappa shape index (κ3) is 1.37. The van der Waals surface area contributed by atoms with E-state index in [1.807, 2.05) is 18.3 Å². The molecule has 2 aromatic carbocycles. The highest BCUT2D eigenvalue weighted by molar-refractivity contribution is 5.96. The van der Waals surface area contributed by atoms with Crippen molar-refractivity contribution in [1.82, 2.24) is 9.38 Å². The number of fused-ring (bicyclic) bond motifs is 5. The second kappa shape index (κ2) is 3.97. The Hall–Kier alpha value is -2.55. The van der Waals surface area contributed by atoms with Crippen molar-refractivity contribution in [2.24, 2.45) is 0 Å². The van der Waals surface area contributed by atoms with Crippen LogP contribution < -0.4 is 4.74 Å². The first-order valence-corrected chi connectivity index (χ1v) is 6.62. The van der Waals surface area contributed by atoms with Crippen molar-refractivity contribution < 1.29 is 4.74 Å². The molecule has 3 nitrogen and oxygen atoms in total. The van der Waals surface area contributed by atoms with Crippen LogP contribution in [0.5, 0.6) is 5.75 Å². The largest absolute Gasteiger partial charge is 0.497 e. The van der Waals surface area contributed by atoms with E-state index in [4.69, 9.17) is 4.74 Å². The Morgan fingerprint density at radius 1 is 1.00 bits per heavy atom. The fourth-order valence-corrected chi connectivity index (χ4v) is 2.89. The number of methoxy groups -OCH3 is 1. The SMILES string of the molecule is COc1ccc2c(c1)ncc1c(C)c3ccccc3n12. The molecule has 2 heterocycles. The van der Waals surface area contributed by atoms with Crippen LogP contribution in [0, 0.1) is 6.92 Å². The van der Waals surface area contributed by atoms with Crippen LogP contribution in [0.2, 0.25) is 0 Å². The maximum Gasteiger partial charge on any atom is 0.121 e. The van der Waals surface area contributed by atoms with Gasteiger partial charge in [0.25, 0.3) is 0 Å². The normalized spacial score (nSPS) is 11.5. The molecular formula is C17H14N2O. The first-order chi connectivity index (χ1) is 9.79. The minimum absolute atomic E-state index is 0.831. The quantitative estimate of drug-likeness (QED) is 0.519. The van der Waals surface area contributed by atoms with Gasteiger partial charge in [-0.05, 0) is 30.7 Å². The highest BCUT2D eigenvalue weighted by Crippen LogP contribution is 2.29. The number of rotatable bonds is 1. The van der Waals surface area contributed by atoms with Gasteiger partial charge < -0.3 is 9.14 Å². The summed E-state index contributed by atoms with van der Waals surface area (Å²) < 4.78 is 7.55. The molecule has 3 heteroatoms. The summed E-state index contributed by atoms with van der Waals surface area (Å²) in [4.78, 5) is 4.57. The number of hydrogen-bond donors (Lipinski definition) is 0. The molecular weight excluding hydrogens is 248 g/mol. The van der Waals surface area contributed by atoms with Crippen LogP contribution in [0.1, 0.15) is 5.56 Å². The topological polar surface area (TPSA) is 26.5 Å². The molecule has 0 aliphatic carbocycles. The minimum Gasteiger partial charge on any atom is -0.497 e. The summed E-state index contributed by atoms with van der Waals surface area (Å²) in [5.41, 5.74) is 5.69. The molecule has 0 aliphatic heterocycles. The number of aromatic nitrogens is 2.